The summed E-state index contributed by atoms with van der Waals surface area (Å²) in [5, 5.41) is 7.63. The van der Waals surface area contributed by atoms with Gasteiger partial charge in [0, 0.05) is 11.1 Å². The predicted octanol–water partition coefficient (Wildman–Crippen LogP) is 7.02. The summed E-state index contributed by atoms with van der Waals surface area (Å²) in [7, 11) is 0. The van der Waals surface area contributed by atoms with Crippen LogP contribution in [0.25, 0.3) is 21.5 Å². The van der Waals surface area contributed by atoms with Crippen molar-refractivity contribution in [2.75, 3.05) is 5.32 Å². The highest BCUT2D eigenvalue weighted by molar-refractivity contribution is 5.96. The molecular formula is C29H20N2O2. The van der Waals surface area contributed by atoms with Crippen LogP contribution >= 0.6 is 0 Å². The van der Waals surface area contributed by atoms with E-state index in [1.807, 2.05) is 59.5 Å². The average Bonchev–Trinajstić information content (AvgIpc) is 2.87. The summed E-state index contributed by atoms with van der Waals surface area (Å²) in [6.07, 6.45) is -0.500. The monoisotopic (exact) mass is 428 g/mol. The number of anilines is 1. The Kier molecular flexibility index (Phi) is 3.79. The minimum absolute atomic E-state index is 0.157. The van der Waals surface area contributed by atoms with Crippen LogP contribution in [0.5, 0.6) is 5.75 Å². The number of para-hydroxylation sites is 1. The van der Waals surface area contributed by atoms with E-state index in [9.17, 15) is 4.79 Å². The lowest BCUT2D eigenvalue weighted by atomic mass is 9.88. The van der Waals surface area contributed by atoms with Crippen molar-refractivity contribution in [2.45, 2.75) is 12.3 Å². The van der Waals surface area contributed by atoms with E-state index < -0.39 is 6.23 Å². The van der Waals surface area contributed by atoms with Gasteiger partial charge >= 0.3 is 6.03 Å². The van der Waals surface area contributed by atoms with Crippen LogP contribution in [0.3, 0.4) is 0 Å². The molecule has 1 N–H and O–H groups in total. The third-order valence-electron chi connectivity index (χ3n) is 6.77. The summed E-state index contributed by atoms with van der Waals surface area (Å²) in [5.74, 6) is 0.817. The summed E-state index contributed by atoms with van der Waals surface area (Å²) < 4.78 is 6.55. The van der Waals surface area contributed by atoms with Gasteiger partial charge in [0.2, 0.25) is 6.23 Å². The first-order valence-electron chi connectivity index (χ1n) is 11.1. The highest BCUT2D eigenvalue weighted by Gasteiger charge is 2.45. The summed E-state index contributed by atoms with van der Waals surface area (Å²) >= 11 is 0. The van der Waals surface area contributed by atoms with E-state index in [1.165, 1.54) is 5.39 Å². The molecule has 0 aromatic heterocycles. The van der Waals surface area contributed by atoms with Gasteiger partial charge in [0.05, 0.1) is 11.7 Å². The molecule has 0 saturated carbocycles. The Morgan fingerprint density at radius 2 is 1.45 bits per heavy atom. The van der Waals surface area contributed by atoms with Crippen molar-refractivity contribution in [1.29, 1.82) is 0 Å². The van der Waals surface area contributed by atoms with E-state index in [1.54, 1.807) is 0 Å². The van der Waals surface area contributed by atoms with Crippen LogP contribution in [-0.2, 0) is 0 Å². The molecule has 2 heterocycles. The number of urea groups is 1. The normalized spacial score (nSPS) is 18.8. The van der Waals surface area contributed by atoms with Gasteiger partial charge < -0.3 is 10.1 Å². The third kappa shape index (κ3) is 2.67. The maximum Gasteiger partial charge on any atom is 0.325 e. The van der Waals surface area contributed by atoms with Gasteiger partial charge in [-0.2, -0.15) is 0 Å². The van der Waals surface area contributed by atoms with Gasteiger partial charge in [-0.05, 0) is 45.3 Å². The summed E-state index contributed by atoms with van der Waals surface area (Å²) in [5.41, 5.74) is 3.84. The number of nitrogens with zero attached hydrogens (tertiary/aromatic N) is 1. The van der Waals surface area contributed by atoms with E-state index in [0.29, 0.717) is 0 Å². The van der Waals surface area contributed by atoms with Crippen LogP contribution in [0.4, 0.5) is 10.5 Å². The number of ether oxygens (including phenoxy) is 1. The molecule has 4 nitrogen and oxygen atoms in total. The lowest BCUT2D eigenvalue weighted by Crippen LogP contribution is -2.49. The van der Waals surface area contributed by atoms with E-state index in [4.69, 9.17) is 4.74 Å². The molecule has 0 fully saturated rings. The number of rotatable bonds is 1. The zero-order valence-electron chi connectivity index (χ0n) is 17.7. The van der Waals surface area contributed by atoms with Crippen molar-refractivity contribution in [3.8, 4) is 5.75 Å². The van der Waals surface area contributed by atoms with Gasteiger partial charge in [-0.1, -0.05) is 84.9 Å². The van der Waals surface area contributed by atoms with Gasteiger partial charge in [-0.25, -0.2) is 4.79 Å². The highest BCUT2D eigenvalue weighted by atomic mass is 16.5. The average molecular weight is 428 g/mol. The number of nitrogens with one attached hydrogen (secondary N) is 1. The standard InChI is InChI=1S/C29H20N2O2/c32-29-30-24-12-6-5-11-23(24)28-31(29)27(21-14-13-18-7-1-2-9-20(18)17-21)26-22-10-4-3-8-19(22)15-16-25(26)33-28/h1-17,27-28H,(H,30,32)/t27-,28+/m0/s1. The SMILES string of the molecule is O=C1Nc2ccccc2[C@H]2Oc3ccc4ccccc4c3[C@H](c3ccc4ccccc4c3)N12. The molecule has 2 aliphatic heterocycles. The smallest absolute Gasteiger partial charge is 0.325 e. The quantitative estimate of drug-likeness (QED) is 0.312. The van der Waals surface area contributed by atoms with Crippen LogP contribution in [0.15, 0.2) is 103 Å². The van der Waals surface area contributed by atoms with Crippen LogP contribution in [0.2, 0.25) is 0 Å². The summed E-state index contributed by atoms with van der Waals surface area (Å²) in [4.78, 5) is 15.4. The number of carbonyl (C=O) groups excluding carboxylic acids is 1. The topological polar surface area (TPSA) is 41.6 Å². The third-order valence-corrected chi connectivity index (χ3v) is 6.77. The molecule has 7 rings (SSSR count). The molecule has 0 spiro atoms. The van der Waals surface area contributed by atoms with Gasteiger partial charge in [-0.15, -0.1) is 0 Å². The number of amides is 2. The Hall–Kier alpha value is -4.31. The molecule has 158 valence electrons. The molecule has 0 saturated heterocycles. The number of carbonyl (C=O) groups is 1. The molecule has 2 aliphatic rings. The molecule has 0 bridgehead atoms. The molecular weight excluding hydrogens is 408 g/mol. The maximum atomic E-state index is 13.5. The Bertz CT molecular complexity index is 1580. The van der Waals surface area contributed by atoms with Gasteiger partial charge in [0.15, 0.2) is 0 Å². The van der Waals surface area contributed by atoms with E-state index in [2.05, 4.69) is 53.8 Å². The first-order chi connectivity index (χ1) is 16.3. The maximum absolute atomic E-state index is 13.5. The summed E-state index contributed by atoms with van der Waals surface area (Å²) in [6, 6.07) is 34.6. The van der Waals surface area contributed by atoms with Crippen molar-refractivity contribution in [3.63, 3.8) is 0 Å². The molecule has 33 heavy (non-hydrogen) atoms. The van der Waals surface area contributed by atoms with E-state index >= 15 is 0 Å². The summed E-state index contributed by atoms with van der Waals surface area (Å²) in [6.45, 7) is 0. The molecule has 0 radical (unpaired) electrons. The Morgan fingerprint density at radius 1 is 0.727 bits per heavy atom. The van der Waals surface area contributed by atoms with Crippen LogP contribution in [0.1, 0.15) is 29.0 Å². The largest absolute Gasteiger partial charge is 0.466 e. The minimum Gasteiger partial charge on any atom is -0.466 e. The molecule has 4 heteroatoms. The number of benzene rings is 5. The zero-order valence-corrected chi connectivity index (χ0v) is 17.7. The fourth-order valence-corrected chi connectivity index (χ4v) is 5.26. The number of hydrogen-bond donors (Lipinski definition) is 1. The van der Waals surface area contributed by atoms with Crippen molar-refractivity contribution in [1.82, 2.24) is 4.90 Å². The van der Waals surface area contributed by atoms with Crippen LogP contribution in [-0.4, -0.2) is 10.9 Å². The van der Waals surface area contributed by atoms with Crippen LogP contribution in [0, 0.1) is 0 Å². The second kappa shape index (κ2) is 6.84. The van der Waals surface area contributed by atoms with Crippen molar-refractivity contribution >= 4 is 33.3 Å². The van der Waals surface area contributed by atoms with Crippen molar-refractivity contribution in [2.24, 2.45) is 0 Å². The Balaban J connectivity index is 1.53. The van der Waals surface area contributed by atoms with Crippen LogP contribution < -0.4 is 10.1 Å². The van der Waals surface area contributed by atoms with Gasteiger partial charge in [0.1, 0.15) is 5.75 Å². The van der Waals surface area contributed by atoms with Gasteiger partial charge in [-0.3, -0.25) is 4.90 Å². The fraction of sp³-hybridized carbons (Fsp3) is 0.0690. The van der Waals surface area contributed by atoms with Gasteiger partial charge in [0.25, 0.3) is 0 Å². The molecule has 2 amide bonds. The number of fused-ring (bicyclic) bond motifs is 7. The number of hydrogen-bond acceptors (Lipinski definition) is 2. The molecule has 5 aromatic rings. The Morgan fingerprint density at radius 3 is 2.36 bits per heavy atom. The molecule has 0 aliphatic carbocycles. The zero-order chi connectivity index (χ0) is 21.9. The Labute approximate surface area is 191 Å². The van der Waals surface area contributed by atoms with Crippen molar-refractivity contribution in [3.05, 3.63) is 120 Å². The second-order valence-corrected chi connectivity index (χ2v) is 8.60. The highest BCUT2D eigenvalue weighted by Crippen LogP contribution is 2.51. The van der Waals surface area contributed by atoms with E-state index in [-0.39, 0.29) is 12.1 Å². The lowest BCUT2D eigenvalue weighted by molar-refractivity contribution is 0.0143. The predicted molar refractivity (Wildman–Crippen MR) is 130 cm³/mol. The second-order valence-electron chi connectivity index (χ2n) is 8.60. The first-order valence-corrected chi connectivity index (χ1v) is 11.1. The molecule has 0 unspecified atom stereocenters. The van der Waals surface area contributed by atoms with E-state index in [0.717, 1.165) is 44.3 Å². The van der Waals surface area contributed by atoms with Crippen molar-refractivity contribution < 1.29 is 9.53 Å². The minimum atomic E-state index is -0.500. The molecule has 5 aromatic carbocycles. The molecule has 2 atom stereocenters. The fourth-order valence-electron chi connectivity index (χ4n) is 5.26. The lowest BCUT2D eigenvalue weighted by Gasteiger charge is -2.46. The first kappa shape index (κ1) is 18.3.